The number of aromatic amines is 1. The van der Waals surface area contributed by atoms with Crippen LogP contribution in [-0.2, 0) is 32.1 Å². The first kappa shape index (κ1) is 21.9. The molecular formula is C23H25N3O5. The van der Waals surface area contributed by atoms with E-state index in [1.54, 1.807) is 6.20 Å². The van der Waals surface area contributed by atoms with Crippen molar-refractivity contribution in [3.63, 3.8) is 0 Å². The molecule has 0 radical (unpaired) electrons. The van der Waals surface area contributed by atoms with Crippen LogP contribution in [0.4, 0.5) is 4.79 Å². The smallest absolute Gasteiger partial charge is 0.410 e. The van der Waals surface area contributed by atoms with E-state index in [-0.39, 0.29) is 19.6 Å². The van der Waals surface area contributed by atoms with Gasteiger partial charge in [-0.1, -0.05) is 48.5 Å². The third-order valence-corrected chi connectivity index (χ3v) is 4.82. The molecule has 162 valence electrons. The number of hydrogen-bond acceptors (Lipinski definition) is 5. The zero-order chi connectivity index (χ0) is 22.2. The van der Waals surface area contributed by atoms with Crippen LogP contribution >= 0.6 is 0 Å². The van der Waals surface area contributed by atoms with Gasteiger partial charge in [-0.3, -0.25) is 4.79 Å². The van der Waals surface area contributed by atoms with Crippen molar-refractivity contribution in [3.05, 3.63) is 71.9 Å². The largest absolute Gasteiger partial charge is 0.467 e. The van der Waals surface area contributed by atoms with E-state index in [9.17, 15) is 14.4 Å². The highest BCUT2D eigenvalue weighted by Crippen LogP contribution is 2.19. The Bertz CT molecular complexity index is 1050. The lowest BCUT2D eigenvalue weighted by Gasteiger charge is -2.20. The summed E-state index contributed by atoms with van der Waals surface area (Å²) in [5, 5.41) is 3.62. The van der Waals surface area contributed by atoms with Crippen LogP contribution in [0.15, 0.2) is 60.8 Å². The molecule has 3 rings (SSSR count). The molecule has 8 heteroatoms. The number of carbonyl (C=O) groups is 3. The van der Waals surface area contributed by atoms with Crippen LogP contribution in [0.5, 0.6) is 0 Å². The van der Waals surface area contributed by atoms with Crippen LogP contribution in [-0.4, -0.2) is 54.6 Å². The van der Waals surface area contributed by atoms with Gasteiger partial charge in [0.05, 0.1) is 7.11 Å². The number of esters is 1. The lowest BCUT2D eigenvalue weighted by atomic mass is 10.0. The Hall–Kier alpha value is -3.81. The maximum Gasteiger partial charge on any atom is 0.410 e. The van der Waals surface area contributed by atoms with Gasteiger partial charge >= 0.3 is 12.1 Å². The molecule has 0 bridgehead atoms. The highest BCUT2D eigenvalue weighted by molar-refractivity contribution is 5.88. The van der Waals surface area contributed by atoms with Crippen molar-refractivity contribution in [3.8, 4) is 0 Å². The fourth-order valence-electron chi connectivity index (χ4n) is 3.21. The molecule has 1 heterocycles. The number of amides is 2. The summed E-state index contributed by atoms with van der Waals surface area (Å²) >= 11 is 0. The third-order valence-electron chi connectivity index (χ3n) is 4.82. The minimum Gasteiger partial charge on any atom is -0.467 e. The molecule has 1 atom stereocenters. The van der Waals surface area contributed by atoms with Crippen molar-refractivity contribution in [2.75, 3.05) is 20.7 Å². The Morgan fingerprint density at radius 1 is 1.06 bits per heavy atom. The molecule has 0 aliphatic rings. The Kier molecular flexibility index (Phi) is 7.26. The van der Waals surface area contributed by atoms with E-state index >= 15 is 0 Å². The Morgan fingerprint density at radius 2 is 1.77 bits per heavy atom. The average molecular weight is 423 g/mol. The molecule has 0 spiro atoms. The predicted octanol–water partition coefficient (Wildman–Crippen LogP) is 2.64. The summed E-state index contributed by atoms with van der Waals surface area (Å²) in [6.45, 7) is -0.147. The average Bonchev–Trinajstić information content (AvgIpc) is 3.20. The second kappa shape index (κ2) is 10.3. The molecule has 0 saturated heterocycles. The monoisotopic (exact) mass is 423 g/mol. The molecule has 0 fully saturated rings. The van der Waals surface area contributed by atoms with Crippen LogP contribution in [0, 0.1) is 0 Å². The fourth-order valence-corrected chi connectivity index (χ4v) is 3.21. The number of hydrogen-bond donors (Lipinski definition) is 2. The summed E-state index contributed by atoms with van der Waals surface area (Å²) in [6, 6.07) is 16.0. The van der Waals surface area contributed by atoms with Crippen molar-refractivity contribution in [1.29, 1.82) is 0 Å². The number of likely N-dealkylation sites (N-methyl/N-ethyl adjacent to an activating group) is 1. The molecule has 2 amide bonds. The molecule has 8 nitrogen and oxygen atoms in total. The molecule has 0 aliphatic carbocycles. The number of H-pyrrole nitrogens is 1. The quantitative estimate of drug-likeness (QED) is 0.543. The highest BCUT2D eigenvalue weighted by atomic mass is 16.6. The number of nitrogens with one attached hydrogen (secondary N) is 2. The van der Waals surface area contributed by atoms with Gasteiger partial charge in [0, 0.05) is 30.6 Å². The number of methoxy groups -OCH3 is 1. The number of benzene rings is 2. The molecule has 0 unspecified atom stereocenters. The van der Waals surface area contributed by atoms with Crippen LogP contribution in [0.25, 0.3) is 10.9 Å². The van der Waals surface area contributed by atoms with Crippen LogP contribution in [0.2, 0.25) is 0 Å². The summed E-state index contributed by atoms with van der Waals surface area (Å²) in [5.41, 5.74) is 2.66. The maximum absolute atomic E-state index is 12.5. The summed E-state index contributed by atoms with van der Waals surface area (Å²) in [5.74, 6) is -1.05. The lowest BCUT2D eigenvalue weighted by molar-refractivity contribution is -0.145. The summed E-state index contributed by atoms with van der Waals surface area (Å²) in [7, 11) is 2.73. The highest BCUT2D eigenvalue weighted by Gasteiger charge is 2.24. The van der Waals surface area contributed by atoms with Crippen molar-refractivity contribution in [1.82, 2.24) is 15.2 Å². The number of aromatic nitrogens is 1. The molecular weight excluding hydrogens is 398 g/mol. The Balaban J connectivity index is 1.57. The van der Waals surface area contributed by atoms with E-state index in [0.29, 0.717) is 0 Å². The summed E-state index contributed by atoms with van der Waals surface area (Å²) < 4.78 is 10.1. The first-order chi connectivity index (χ1) is 15.0. The van der Waals surface area contributed by atoms with Crippen LogP contribution < -0.4 is 5.32 Å². The van der Waals surface area contributed by atoms with Gasteiger partial charge < -0.3 is 24.7 Å². The second-order valence-corrected chi connectivity index (χ2v) is 7.10. The number of fused-ring (bicyclic) bond motifs is 1. The number of rotatable bonds is 8. The SMILES string of the molecule is COC(=O)[C@H](Cc1c[nH]c2ccccc12)NC(=O)CN(C)C(=O)OCc1ccccc1. The Morgan fingerprint density at radius 3 is 2.52 bits per heavy atom. The second-order valence-electron chi connectivity index (χ2n) is 7.10. The lowest BCUT2D eigenvalue weighted by Crippen LogP contribution is -2.47. The van der Waals surface area contributed by atoms with Gasteiger partial charge in [-0.15, -0.1) is 0 Å². The fraction of sp³-hybridized carbons (Fsp3) is 0.261. The predicted molar refractivity (Wildman–Crippen MR) is 115 cm³/mol. The first-order valence-corrected chi connectivity index (χ1v) is 9.82. The van der Waals surface area contributed by atoms with Gasteiger partial charge in [0.15, 0.2) is 0 Å². The normalized spacial score (nSPS) is 11.5. The molecule has 2 N–H and O–H groups in total. The summed E-state index contributed by atoms with van der Waals surface area (Å²) in [6.07, 6.45) is 1.43. The minimum absolute atomic E-state index is 0.108. The summed E-state index contributed by atoms with van der Waals surface area (Å²) in [4.78, 5) is 41.2. The van der Waals surface area contributed by atoms with Crippen LogP contribution in [0.3, 0.4) is 0 Å². The topological polar surface area (TPSA) is 101 Å². The van der Waals surface area contributed by atoms with Crippen LogP contribution in [0.1, 0.15) is 11.1 Å². The number of carbonyl (C=O) groups excluding carboxylic acids is 3. The van der Waals surface area contributed by atoms with Gasteiger partial charge in [0.1, 0.15) is 19.2 Å². The van der Waals surface area contributed by atoms with E-state index in [2.05, 4.69) is 10.3 Å². The maximum atomic E-state index is 12.5. The van der Waals surface area contributed by atoms with Crippen molar-refractivity contribution < 1.29 is 23.9 Å². The van der Waals surface area contributed by atoms with E-state index in [1.165, 1.54) is 14.2 Å². The van der Waals surface area contributed by atoms with E-state index in [0.717, 1.165) is 26.9 Å². The third kappa shape index (κ3) is 5.85. The first-order valence-electron chi connectivity index (χ1n) is 9.82. The van der Waals surface area contributed by atoms with Crippen molar-refractivity contribution in [2.45, 2.75) is 19.1 Å². The van der Waals surface area contributed by atoms with E-state index < -0.39 is 24.0 Å². The van der Waals surface area contributed by atoms with Crippen molar-refractivity contribution in [2.24, 2.45) is 0 Å². The van der Waals surface area contributed by atoms with Gasteiger partial charge in [0.2, 0.25) is 5.91 Å². The van der Waals surface area contributed by atoms with Gasteiger partial charge in [-0.25, -0.2) is 9.59 Å². The van der Waals surface area contributed by atoms with E-state index in [4.69, 9.17) is 9.47 Å². The molecule has 0 saturated carbocycles. The Labute approximate surface area is 180 Å². The molecule has 1 aromatic heterocycles. The standard InChI is InChI=1S/C23H25N3O5/c1-26(23(29)31-15-16-8-4-3-5-9-16)14-21(27)25-20(22(28)30-2)12-17-13-24-19-11-7-6-10-18(17)19/h3-11,13,20,24H,12,14-15H2,1-2H3,(H,25,27)/t20-/m0/s1. The number of para-hydroxylation sites is 1. The van der Waals surface area contributed by atoms with Crippen molar-refractivity contribution >= 4 is 28.9 Å². The molecule has 31 heavy (non-hydrogen) atoms. The van der Waals surface area contributed by atoms with E-state index in [1.807, 2.05) is 54.6 Å². The minimum atomic E-state index is -0.884. The molecule has 3 aromatic rings. The van der Waals surface area contributed by atoms with Gasteiger partial charge in [-0.2, -0.15) is 0 Å². The zero-order valence-corrected chi connectivity index (χ0v) is 17.5. The molecule has 0 aliphatic heterocycles. The number of ether oxygens (including phenoxy) is 2. The number of nitrogens with zero attached hydrogens (tertiary/aromatic N) is 1. The van der Waals surface area contributed by atoms with Gasteiger partial charge in [0.25, 0.3) is 0 Å². The molecule has 2 aromatic carbocycles. The van der Waals surface area contributed by atoms with Gasteiger partial charge in [-0.05, 0) is 17.2 Å². The zero-order valence-electron chi connectivity index (χ0n) is 17.5.